The van der Waals surface area contributed by atoms with E-state index in [4.69, 9.17) is 0 Å². The molecule has 0 aromatic heterocycles. The van der Waals surface area contributed by atoms with Crippen molar-refractivity contribution >= 4 is 0 Å². The first-order valence-electron chi connectivity index (χ1n) is 9.34. The van der Waals surface area contributed by atoms with Crippen molar-refractivity contribution in [3.05, 3.63) is 0 Å². The van der Waals surface area contributed by atoms with Crippen LogP contribution < -0.4 is 0 Å². The zero-order chi connectivity index (χ0) is 16.5. The molecular weight excluding hydrogens is 270 g/mol. The lowest BCUT2D eigenvalue weighted by Crippen LogP contribution is -2.58. The summed E-state index contributed by atoms with van der Waals surface area (Å²) in [6.45, 7) is 24.2. The molecule has 22 heavy (non-hydrogen) atoms. The minimum Gasteiger partial charge on any atom is -0.300 e. The Bertz CT molecular complexity index is 344. The Morgan fingerprint density at radius 1 is 0.909 bits per heavy atom. The summed E-state index contributed by atoms with van der Waals surface area (Å²) >= 11 is 0. The molecular formula is C19H39N3. The third-order valence-corrected chi connectivity index (χ3v) is 5.97. The highest BCUT2D eigenvalue weighted by Crippen LogP contribution is 2.27. The highest BCUT2D eigenvalue weighted by Gasteiger charge is 2.34. The van der Waals surface area contributed by atoms with Gasteiger partial charge in [-0.1, -0.05) is 6.92 Å². The van der Waals surface area contributed by atoms with Crippen LogP contribution in [0.5, 0.6) is 0 Å². The number of rotatable bonds is 5. The summed E-state index contributed by atoms with van der Waals surface area (Å²) in [6.07, 6.45) is 2.65. The third kappa shape index (κ3) is 4.46. The Hall–Kier alpha value is -0.120. The monoisotopic (exact) mass is 309 g/mol. The van der Waals surface area contributed by atoms with E-state index in [0.29, 0.717) is 11.1 Å². The first-order chi connectivity index (χ1) is 10.1. The molecule has 130 valence electrons. The molecule has 0 N–H and O–H groups in total. The molecule has 2 rings (SSSR count). The Labute approximate surface area is 139 Å². The lowest BCUT2D eigenvalue weighted by atomic mass is 9.90. The Morgan fingerprint density at radius 3 is 1.86 bits per heavy atom. The van der Waals surface area contributed by atoms with Crippen molar-refractivity contribution in [3.8, 4) is 0 Å². The second-order valence-corrected chi connectivity index (χ2v) is 9.40. The predicted octanol–water partition coefficient (Wildman–Crippen LogP) is 3.30. The summed E-state index contributed by atoms with van der Waals surface area (Å²) in [7, 11) is 0. The van der Waals surface area contributed by atoms with Gasteiger partial charge in [-0.3, -0.25) is 9.80 Å². The maximum atomic E-state index is 2.72. The number of hydrogen-bond donors (Lipinski definition) is 0. The highest BCUT2D eigenvalue weighted by molar-refractivity contribution is 4.90. The van der Waals surface area contributed by atoms with Crippen molar-refractivity contribution in [2.45, 2.75) is 78.4 Å². The van der Waals surface area contributed by atoms with Gasteiger partial charge in [-0.05, 0) is 60.3 Å². The normalized spacial score (nSPS) is 25.2. The Kier molecular flexibility index (Phi) is 5.62. The minimum atomic E-state index is 0.318. The van der Waals surface area contributed by atoms with E-state index in [1.54, 1.807) is 0 Å². The maximum absolute atomic E-state index is 2.72. The fraction of sp³-hybridized carbons (Fsp3) is 1.00. The Morgan fingerprint density at radius 2 is 1.41 bits per heavy atom. The largest absolute Gasteiger partial charge is 0.300 e. The fourth-order valence-corrected chi connectivity index (χ4v) is 3.99. The van der Waals surface area contributed by atoms with Crippen molar-refractivity contribution in [1.29, 1.82) is 0 Å². The summed E-state index contributed by atoms with van der Waals surface area (Å²) < 4.78 is 0. The van der Waals surface area contributed by atoms with Crippen LogP contribution in [0, 0.1) is 5.92 Å². The average Bonchev–Trinajstić information content (AvgIpc) is 2.41. The Balaban J connectivity index is 1.76. The van der Waals surface area contributed by atoms with Gasteiger partial charge in [0, 0.05) is 56.4 Å². The van der Waals surface area contributed by atoms with Crippen molar-refractivity contribution in [1.82, 2.24) is 14.7 Å². The molecule has 0 radical (unpaired) electrons. The molecule has 2 saturated heterocycles. The van der Waals surface area contributed by atoms with E-state index in [9.17, 15) is 0 Å². The number of hydrogen-bond acceptors (Lipinski definition) is 3. The molecule has 0 aliphatic carbocycles. The van der Waals surface area contributed by atoms with Gasteiger partial charge in [0.05, 0.1) is 0 Å². The molecule has 0 amide bonds. The van der Waals surface area contributed by atoms with Gasteiger partial charge in [0.15, 0.2) is 0 Å². The molecule has 3 heteroatoms. The number of nitrogens with zero attached hydrogens (tertiary/aromatic N) is 3. The molecule has 0 aromatic carbocycles. The van der Waals surface area contributed by atoms with Gasteiger partial charge in [0.25, 0.3) is 0 Å². The third-order valence-electron chi connectivity index (χ3n) is 5.97. The number of piperazine rings is 1. The van der Waals surface area contributed by atoms with Crippen LogP contribution in [0.2, 0.25) is 0 Å². The summed E-state index contributed by atoms with van der Waals surface area (Å²) in [4.78, 5) is 8.00. The second kappa shape index (κ2) is 6.78. The quantitative estimate of drug-likeness (QED) is 0.771. The predicted molar refractivity (Wildman–Crippen MR) is 96.4 cm³/mol. The zero-order valence-corrected chi connectivity index (χ0v) is 16.2. The summed E-state index contributed by atoms with van der Waals surface area (Å²) in [5, 5.41) is 0. The van der Waals surface area contributed by atoms with Gasteiger partial charge >= 0.3 is 0 Å². The highest BCUT2D eigenvalue weighted by atomic mass is 15.3. The van der Waals surface area contributed by atoms with Crippen LogP contribution >= 0.6 is 0 Å². The fourth-order valence-electron chi connectivity index (χ4n) is 3.99. The molecule has 0 spiro atoms. The molecule has 3 nitrogen and oxygen atoms in total. The van der Waals surface area contributed by atoms with Crippen LogP contribution in [0.25, 0.3) is 0 Å². The van der Waals surface area contributed by atoms with Crippen molar-refractivity contribution in [2.24, 2.45) is 5.92 Å². The minimum absolute atomic E-state index is 0.318. The maximum Gasteiger partial charge on any atom is 0.0154 e. The van der Waals surface area contributed by atoms with E-state index < -0.39 is 0 Å². The van der Waals surface area contributed by atoms with Crippen LogP contribution in [-0.4, -0.2) is 71.1 Å². The van der Waals surface area contributed by atoms with Crippen LogP contribution in [0.1, 0.15) is 61.3 Å². The standard InChI is InChI=1S/C19H39N3/c1-16-14-20(15-16)17(2)8-9-19(6,7)22-12-10-21(11-13-22)18(3,4)5/h16-17H,8-15H2,1-7H3. The van der Waals surface area contributed by atoms with Crippen molar-refractivity contribution in [2.75, 3.05) is 39.3 Å². The van der Waals surface area contributed by atoms with Gasteiger partial charge in [-0.25, -0.2) is 0 Å². The zero-order valence-electron chi connectivity index (χ0n) is 16.2. The average molecular weight is 310 g/mol. The topological polar surface area (TPSA) is 9.72 Å². The molecule has 1 atom stereocenters. The van der Waals surface area contributed by atoms with Crippen molar-refractivity contribution in [3.63, 3.8) is 0 Å². The van der Waals surface area contributed by atoms with E-state index in [0.717, 1.165) is 12.0 Å². The molecule has 2 aliphatic heterocycles. The van der Waals surface area contributed by atoms with Gasteiger partial charge < -0.3 is 4.90 Å². The first kappa shape index (κ1) is 18.2. The molecule has 2 heterocycles. The summed E-state index contributed by atoms with van der Waals surface area (Å²) in [5.41, 5.74) is 0.660. The van der Waals surface area contributed by atoms with E-state index in [-0.39, 0.29) is 0 Å². The molecule has 0 saturated carbocycles. The van der Waals surface area contributed by atoms with Crippen molar-refractivity contribution < 1.29 is 0 Å². The SMILES string of the molecule is CC1CN(C(C)CCC(C)(C)N2CCN(C(C)(C)C)CC2)C1. The van der Waals surface area contributed by atoms with E-state index in [1.807, 2.05) is 0 Å². The smallest absolute Gasteiger partial charge is 0.0154 e. The van der Waals surface area contributed by atoms with Gasteiger partial charge in [-0.2, -0.15) is 0 Å². The molecule has 2 aliphatic rings. The lowest BCUT2D eigenvalue weighted by molar-refractivity contribution is 0.00354. The van der Waals surface area contributed by atoms with Crippen LogP contribution in [0.15, 0.2) is 0 Å². The van der Waals surface area contributed by atoms with Crippen LogP contribution in [0.3, 0.4) is 0 Å². The molecule has 0 aromatic rings. The van der Waals surface area contributed by atoms with E-state index in [2.05, 4.69) is 63.2 Å². The van der Waals surface area contributed by atoms with Gasteiger partial charge in [-0.15, -0.1) is 0 Å². The van der Waals surface area contributed by atoms with Crippen LogP contribution in [-0.2, 0) is 0 Å². The second-order valence-electron chi connectivity index (χ2n) is 9.40. The number of likely N-dealkylation sites (tertiary alicyclic amines) is 1. The van der Waals surface area contributed by atoms with E-state index >= 15 is 0 Å². The van der Waals surface area contributed by atoms with Gasteiger partial charge in [0.1, 0.15) is 0 Å². The summed E-state index contributed by atoms with van der Waals surface area (Å²) in [5.74, 6) is 0.918. The molecule has 2 fully saturated rings. The molecule has 1 unspecified atom stereocenters. The summed E-state index contributed by atoms with van der Waals surface area (Å²) in [6, 6.07) is 0.756. The van der Waals surface area contributed by atoms with Gasteiger partial charge in [0.2, 0.25) is 0 Å². The molecule has 0 bridgehead atoms. The lowest BCUT2D eigenvalue weighted by Gasteiger charge is -2.48. The van der Waals surface area contributed by atoms with Crippen LogP contribution in [0.4, 0.5) is 0 Å². The first-order valence-corrected chi connectivity index (χ1v) is 9.34. The van der Waals surface area contributed by atoms with E-state index in [1.165, 1.54) is 52.1 Å².